The largest absolute Gasteiger partial charge is 0.492 e. The molecule has 0 spiro atoms. The quantitative estimate of drug-likeness (QED) is 0.875. The molecule has 2 rings (SSSR count). The van der Waals surface area contributed by atoms with E-state index in [1.165, 1.54) is 5.56 Å². The second kappa shape index (κ2) is 7.06. The van der Waals surface area contributed by atoms with Gasteiger partial charge in [-0.1, -0.05) is 31.2 Å². The van der Waals surface area contributed by atoms with Crippen molar-refractivity contribution in [1.82, 2.24) is 4.98 Å². The Balaban J connectivity index is 2.14. The summed E-state index contributed by atoms with van der Waals surface area (Å²) in [4.78, 5) is 4.24. The van der Waals surface area contributed by atoms with Gasteiger partial charge in [0.1, 0.15) is 5.75 Å². The lowest BCUT2D eigenvalue weighted by Gasteiger charge is -2.08. The van der Waals surface area contributed by atoms with E-state index in [-0.39, 0.29) is 6.04 Å². The number of aromatic nitrogens is 1. The average molecular weight is 270 g/mol. The Labute approximate surface area is 120 Å². The van der Waals surface area contributed by atoms with Crippen molar-refractivity contribution < 1.29 is 4.74 Å². The van der Waals surface area contributed by atoms with Gasteiger partial charge < -0.3 is 10.5 Å². The van der Waals surface area contributed by atoms with Crippen LogP contribution in [0.25, 0.3) is 11.1 Å². The Morgan fingerprint density at radius 1 is 1.15 bits per heavy atom. The average Bonchev–Trinajstić information content (AvgIpc) is 2.45. The molecule has 20 heavy (non-hydrogen) atoms. The lowest BCUT2D eigenvalue weighted by molar-refractivity contribution is 0.316. The van der Waals surface area contributed by atoms with Crippen molar-refractivity contribution in [2.75, 3.05) is 6.61 Å². The van der Waals surface area contributed by atoms with Crippen LogP contribution < -0.4 is 10.5 Å². The van der Waals surface area contributed by atoms with Gasteiger partial charge in [-0.05, 0) is 37.0 Å². The zero-order chi connectivity index (χ0) is 14.4. The van der Waals surface area contributed by atoms with Crippen molar-refractivity contribution in [2.45, 2.75) is 32.7 Å². The molecule has 2 N–H and O–H groups in total. The fourth-order valence-corrected chi connectivity index (χ4v) is 2.08. The summed E-state index contributed by atoms with van der Waals surface area (Å²) in [5, 5.41) is 0. The first-order chi connectivity index (χ1) is 9.69. The Kier molecular flexibility index (Phi) is 5.13. The van der Waals surface area contributed by atoms with Gasteiger partial charge in [0.05, 0.1) is 12.8 Å². The van der Waals surface area contributed by atoms with Gasteiger partial charge >= 0.3 is 0 Å². The predicted octanol–water partition coefficient (Wildman–Crippen LogP) is 3.43. The number of pyridine rings is 1. The van der Waals surface area contributed by atoms with Crippen LogP contribution in [0.1, 0.15) is 25.8 Å². The van der Waals surface area contributed by atoms with Gasteiger partial charge in [-0.25, -0.2) is 0 Å². The molecule has 0 bridgehead atoms. The van der Waals surface area contributed by atoms with Crippen molar-refractivity contribution >= 4 is 0 Å². The van der Waals surface area contributed by atoms with Gasteiger partial charge in [0.25, 0.3) is 0 Å². The molecular formula is C17H22N2O. The van der Waals surface area contributed by atoms with E-state index < -0.39 is 0 Å². The summed E-state index contributed by atoms with van der Waals surface area (Å²) in [6.45, 7) is 4.83. The zero-order valence-electron chi connectivity index (χ0n) is 12.2. The van der Waals surface area contributed by atoms with Crippen LogP contribution in [-0.4, -0.2) is 17.6 Å². The highest BCUT2D eigenvalue weighted by molar-refractivity contribution is 5.64. The van der Waals surface area contributed by atoms with Crippen LogP contribution in [0.15, 0.2) is 42.7 Å². The number of hydrogen-bond acceptors (Lipinski definition) is 3. The predicted molar refractivity (Wildman–Crippen MR) is 82.8 cm³/mol. The Morgan fingerprint density at radius 3 is 2.55 bits per heavy atom. The van der Waals surface area contributed by atoms with Crippen LogP contribution in [0.2, 0.25) is 0 Å². The standard InChI is InChI=1S/C17H22N2O/c1-3-8-20-17-10-16(11-19-12-17)15-6-4-14(5-7-15)9-13(2)18/h4-7,10-13H,3,8-9,18H2,1-2H3. The van der Waals surface area contributed by atoms with E-state index in [9.17, 15) is 0 Å². The molecular weight excluding hydrogens is 248 g/mol. The molecule has 3 heteroatoms. The summed E-state index contributed by atoms with van der Waals surface area (Å²) in [6, 6.07) is 10.7. The first-order valence-electron chi connectivity index (χ1n) is 7.11. The molecule has 0 radical (unpaired) electrons. The van der Waals surface area contributed by atoms with E-state index >= 15 is 0 Å². The fraction of sp³-hybridized carbons (Fsp3) is 0.353. The Bertz CT molecular complexity index is 535. The van der Waals surface area contributed by atoms with E-state index in [0.29, 0.717) is 0 Å². The number of hydrogen-bond donors (Lipinski definition) is 1. The van der Waals surface area contributed by atoms with Gasteiger partial charge in [0.2, 0.25) is 0 Å². The van der Waals surface area contributed by atoms with Gasteiger partial charge in [-0.3, -0.25) is 4.98 Å². The molecule has 1 unspecified atom stereocenters. The zero-order valence-corrected chi connectivity index (χ0v) is 12.2. The van der Waals surface area contributed by atoms with Crippen LogP contribution in [-0.2, 0) is 6.42 Å². The van der Waals surface area contributed by atoms with Crippen LogP contribution in [0.4, 0.5) is 0 Å². The first kappa shape index (κ1) is 14.5. The molecule has 2 aromatic rings. The summed E-state index contributed by atoms with van der Waals surface area (Å²) < 4.78 is 5.61. The number of nitrogens with two attached hydrogens (primary N) is 1. The molecule has 0 aliphatic carbocycles. The van der Waals surface area contributed by atoms with Crippen LogP contribution in [0, 0.1) is 0 Å². The molecule has 0 aliphatic heterocycles. The normalized spacial score (nSPS) is 12.2. The maximum Gasteiger partial charge on any atom is 0.138 e. The molecule has 1 heterocycles. The maximum absolute atomic E-state index is 5.81. The number of rotatable bonds is 6. The number of nitrogens with zero attached hydrogens (tertiary/aromatic N) is 1. The van der Waals surface area contributed by atoms with E-state index in [0.717, 1.165) is 36.3 Å². The fourth-order valence-electron chi connectivity index (χ4n) is 2.08. The van der Waals surface area contributed by atoms with E-state index in [1.807, 2.05) is 19.2 Å². The third kappa shape index (κ3) is 4.07. The molecule has 0 fully saturated rings. The molecule has 3 nitrogen and oxygen atoms in total. The summed E-state index contributed by atoms with van der Waals surface area (Å²) in [7, 11) is 0. The topological polar surface area (TPSA) is 48.1 Å². The van der Waals surface area contributed by atoms with Crippen LogP contribution in [0.3, 0.4) is 0 Å². The lowest BCUT2D eigenvalue weighted by Crippen LogP contribution is -2.17. The lowest BCUT2D eigenvalue weighted by atomic mass is 10.0. The Morgan fingerprint density at radius 2 is 1.90 bits per heavy atom. The minimum atomic E-state index is 0.188. The van der Waals surface area contributed by atoms with E-state index in [1.54, 1.807) is 6.20 Å². The molecule has 0 saturated carbocycles. The molecule has 1 atom stereocenters. The number of ether oxygens (including phenoxy) is 1. The second-order valence-corrected chi connectivity index (χ2v) is 5.14. The van der Waals surface area contributed by atoms with Crippen molar-refractivity contribution in [3.8, 4) is 16.9 Å². The Hall–Kier alpha value is -1.87. The van der Waals surface area contributed by atoms with Crippen LogP contribution >= 0.6 is 0 Å². The highest BCUT2D eigenvalue weighted by atomic mass is 16.5. The molecule has 0 amide bonds. The SMILES string of the molecule is CCCOc1cncc(-c2ccc(CC(C)N)cc2)c1. The molecule has 1 aromatic carbocycles. The van der Waals surface area contributed by atoms with Gasteiger partial charge in [0.15, 0.2) is 0 Å². The molecule has 106 valence electrons. The van der Waals surface area contributed by atoms with Crippen molar-refractivity contribution in [3.05, 3.63) is 48.3 Å². The second-order valence-electron chi connectivity index (χ2n) is 5.14. The summed E-state index contributed by atoms with van der Waals surface area (Å²) in [5.41, 5.74) is 9.29. The third-order valence-corrected chi connectivity index (χ3v) is 3.03. The van der Waals surface area contributed by atoms with Crippen molar-refractivity contribution in [2.24, 2.45) is 5.73 Å². The molecule has 0 aliphatic rings. The van der Waals surface area contributed by atoms with E-state index in [2.05, 4.69) is 36.2 Å². The summed E-state index contributed by atoms with van der Waals surface area (Å²) in [5.74, 6) is 0.823. The van der Waals surface area contributed by atoms with Gasteiger partial charge in [-0.2, -0.15) is 0 Å². The third-order valence-electron chi connectivity index (χ3n) is 3.03. The number of benzene rings is 1. The van der Waals surface area contributed by atoms with Crippen molar-refractivity contribution in [3.63, 3.8) is 0 Å². The maximum atomic E-state index is 5.81. The van der Waals surface area contributed by atoms with Gasteiger partial charge in [-0.15, -0.1) is 0 Å². The summed E-state index contributed by atoms with van der Waals surface area (Å²) >= 11 is 0. The highest BCUT2D eigenvalue weighted by Gasteiger charge is 2.02. The minimum absolute atomic E-state index is 0.188. The minimum Gasteiger partial charge on any atom is -0.492 e. The van der Waals surface area contributed by atoms with Crippen molar-refractivity contribution in [1.29, 1.82) is 0 Å². The first-order valence-corrected chi connectivity index (χ1v) is 7.11. The smallest absolute Gasteiger partial charge is 0.138 e. The van der Waals surface area contributed by atoms with Crippen LogP contribution in [0.5, 0.6) is 5.75 Å². The summed E-state index contributed by atoms with van der Waals surface area (Å²) in [6.07, 6.45) is 5.51. The molecule has 1 aromatic heterocycles. The highest BCUT2D eigenvalue weighted by Crippen LogP contribution is 2.23. The van der Waals surface area contributed by atoms with Gasteiger partial charge in [0, 0.05) is 17.8 Å². The van der Waals surface area contributed by atoms with E-state index in [4.69, 9.17) is 10.5 Å². The monoisotopic (exact) mass is 270 g/mol. The molecule has 0 saturated heterocycles.